The second-order valence-electron chi connectivity index (χ2n) is 3.76. The number of carboxylic acids is 1. The third kappa shape index (κ3) is 6.49. The molecule has 1 atom stereocenters. The molecule has 104 valence electrons. The minimum Gasteiger partial charge on any atom is -0.480 e. The second-order valence-corrected chi connectivity index (χ2v) is 6.27. The molecule has 19 heavy (non-hydrogen) atoms. The molecule has 2 N–H and O–H groups in total. The lowest BCUT2D eigenvalue weighted by molar-refractivity contribution is -0.140. The van der Waals surface area contributed by atoms with Crippen molar-refractivity contribution in [1.82, 2.24) is 5.32 Å². The fourth-order valence-corrected chi connectivity index (χ4v) is 3.45. The Labute approximate surface area is 118 Å². The highest BCUT2D eigenvalue weighted by molar-refractivity contribution is 8.76. The van der Waals surface area contributed by atoms with Crippen LogP contribution in [0.4, 0.5) is 4.39 Å². The van der Waals surface area contributed by atoms with Crippen molar-refractivity contribution in [2.45, 2.75) is 18.7 Å². The first-order valence-corrected chi connectivity index (χ1v) is 7.96. The summed E-state index contributed by atoms with van der Waals surface area (Å²) in [5.74, 6) is -0.766. The molecule has 1 aromatic carbocycles. The summed E-state index contributed by atoms with van der Waals surface area (Å²) in [5, 5.41) is 11.3. The van der Waals surface area contributed by atoms with Crippen LogP contribution in [-0.4, -0.2) is 28.8 Å². The lowest BCUT2D eigenvalue weighted by atomic mass is 10.2. The zero-order valence-corrected chi connectivity index (χ0v) is 11.9. The lowest BCUT2D eigenvalue weighted by Gasteiger charge is -2.12. The van der Waals surface area contributed by atoms with Crippen LogP contribution in [0, 0.1) is 5.82 Å². The molecule has 1 rings (SSSR count). The van der Waals surface area contributed by atoms with E-state index >= 15 is 0 Å². The van der Waals surface area contributed by atoms with Gasteiger partial charge in [0.05, 0.1) is 0 Å². The predicted molar refractivity (Wildman–Crippen MR) is 75.4 cm³/mol. The smallest absolute Gasteiger partial charge is 0.327 e. The van der Waals surface area contributed by atoms with Crippen molar-refractivity contribution in [3.8, 4) is 0 Å². The van der Waals surface area contributed by atoms with Gasteiger partial charge in [0.25, 0.3) is 0 Å². The summed E-state index contributed by atoms with van der Waals surface area (Å²) in [4.78, 5) is 21.7. The molecule has 0 spiro atoms. The number of nitrogens with one attached hydrogen (secondary N) is 1. The van der Waals surface area contributed by atoms with Gasteiger partial charge in [0.15, 0.2) is 0 Å². The number of aliphatic carboxylic acids is 1. The monoisotopic (exact) mass is 303 g/mol. The number of rotatable bonds is 7. The van der Waals surface area contributed by atoms with E-state index in [1.165, 1.54) is 40.6 Å². The Bertz CT molecular complexity index is 439. The van der Waals surface area contributed by atoms with E-state index in [1.807, 2.05) is 0 Å². The van der Waals surface area contributed by atoms with E-state index in [2.05, 4.69) is 5.32 Å². The van der Waals surface area contributed by atoms with Crippen molar-refractivity contribution < 1.29 is 19.1 Å². The van der Waals surface area contributed by atoms with Gasteiger partial charge in [0, 0.05) is 18.4 Å². The highest BCUT2D eigenvalue weighted by Gasteiger charge is 2.18. The van der Waals surface area contributed by atoms with Crippen LogP contribution in [0.25, 0.3) is 0 Å². The van der Waals surface area contributed by atoms with Crippen LogP contribution in [0.1, 0.15) is 12.5 Å². The number of carbonyl (C=O) groups excluding carboxylic acids is 1. The molecule has 0 aromatic heterocycles. The molecule has 7 heteroatoms. The van der Waals surface area contributed by atoms with Crippen molar-refractivity contribution in [1.29, 1.82) is 0 Å². The van der Waals surface area contributed by atoms with Crippen LogP contribution < -0.4 is 5.32 Å². The summed E-state index contributed by atoms with van der Waals surface area (Å²) in [6, 6.07) is 5.26. The molecule has 0 aliphatic heterocycles. The summed E-state index contributed by atoms with van der Waals surface area (Å²) in [5.41, 5.74) is 0.963. The maximum Gasteiger partial charge on any atom is 0.327 e. The fraction of sp³-hybridized carbons (Fsp3) is 0.333. The van der Waals surface area contributed by atoms with Crippen molar-refractivity contribution in [2.24, 2.45) is 0 Å². The standard InChI is InChI=1S/C12H14FNO3S2/c1-8(15)14-11(12(16)17)7-19-18-6-9-2-4-10(13)5-3-9/h2-5,11H,6-7H2,1H3,(H,14,15)(H,16,17)/t11-/m0/s1. The molecule has 0 saturated heterocycles. The third-order valence-corrected chi connectivity index (χ3v) is 4.48. The quantitative estimate of drug-likeness (QED) is 0.597. The van der Waals surface area contributed by atoms with Crippen LogP contribution in [-0.2, 0) is 15.3 Å². The molecule has 0 heterocycles. The third-order valence-electron chi connectivity index (χ3n) is 2.13. The number of hydrogen-bond donors (Lipinski definition) is 2. The summed E-state index contributed by atoms with van der Waals surface area (Å²) >= 11 is 0. The van der Waals surface area contributed by atoms with Gasteiger partial charge in [-0.15, -0.1) is 0 Å². The molecular formula is C12H14FNO3S2. The van der Waals surface area contributed by atoms with E-state index in [-0.39, 0.29) is 17.5 Å². The Morgan fingerprint density at radius 3 is 2.47 bits per heavy atom. The number of halogens is 1. The second kappa shape index (κ2) is 8.06. The van der Waals surface area contributed by atoms with Gasteiger partial charge < -0.3 is 10.4 Å². The number of benzene rings is 1. The van der Waals surface area contributed by atoms with Gasteiger partial charge in [-0.2, -0.15) is 0 Å². The Balaban J connectivity index is 2.30. The average Bonchev–Trinajstić information content (AvgIpc) is 2.34. The maximum absolute atomic E-state index is 12.7. The Morgan fingerprint density at radius 2 is 1.95 bits per heavy atom. The molecule has 4 nitrogen and oxygen atoms in total. The first-order chi connectivity index (χ1) is 8.99. The highest BCUT2D eigenvalue weighted by Crippen LogP contribution is 2.26. The summed E-state index contributed by atoms with van der Waals surface area (Å²) in [6.45, 7) is 1.28. The summed E-state index contributed by atoms with van der Waals surface area (Å²) in [6.07, 6.45) is 0. The molecule has 0 unspecified atom stereocenters. The zero-order valence-electron chi connectivity index (χ0n) is 10.3. The van der Waals surface area contributed by atoms with Gasteiger partial charge in [-0.25, -0.2) is 9.18 Å². The molecule has 0 fully saturated rings. The average molecular weight is 303 g/mol. The highest BCUT2D eigenvalue weighted by atomic mass is 33.1. The minimum absolute atomic E-state index is 0.279. The molecule has 0 saturated carbocycles. The molecule has 0 aliphatic rings. The van der Waals surface area contributed by atoms with Gasteiger partial charge in [-0.3, -0.25) is 4.79 Å². The van der Waals surface area contributed by atoms with Crippen LogP contribution in [0.2, 0.25) is 0 Å². The molecule has 1 amide bonds. The number of hydrogen-bond acceptors (Lipinski definition) is 4. The first-order valence-electron chi connectivity index (χ1n) is 5.48. The van der Waals surface area contributed by atoms with Crippen molar-refractivity contribution in [2.75, 3.05) is 5.75 Å². The summed E-state index contributed by atoms with van der Waals surface area (Å²) in [7, 11) is 2.82. The van der Waals surface area contributed by atoms with Gasteiger partial charge in [0.2, 0.25) is 5.91 Å². The molecular weight excluding hydrogens is 289 g/mol. The Kier molecular flexibility index (Phi) is 6.72. The van der Waals surface area contributed by atoms with Crippen molar-refractivity contribution >= 4 is 33.5 Å². The molecule has 0 aliphatic carbocycles. The number of amides is 1. The first kappa shape index (κ1) is 15.8. The predicted octanol–water partition coefficient (Wildman–Crippen LogP) is 2.30. The van der Waals surface area contributed by atoms with E-state index < -0.39 is 12.0 Å². The SMILES string of the molecule is CC(=O)N[C@@H](CSSCc1ccc(F)cc1)C(=O)O. The Hall–Kier alpha value is -1.21. The Morgan fingerprint density at radius 1 is 1.32 bits per heavy atom. The van der Waals surface area contributed by atoms with Crippen LogP contribution in [0.3, 0.4) is 0 Å². The maximum atomic E-state index is 12.7. The lowest BCUT2D eigenvalue weighted by Crippen LogP contribution is -2.41. The van der Waals surface area contributed by atoms with E-state index in [0.717, 1.165) is 5.56 Å². The molecule has 1 aromatic rings. The minimum atomic E-state index is -1.05. The number of carbonyl (C=O) groups is 2. The normalized spacial score (nSPS) is 11.9. The largest absolute Gasteiger partial charge is 0.480 e. The van der Waals surface area contributed by atoms with E-state index in [4.69, 9.17) is 5.11 Å². The zero-order chi connectivity index (χ0) is 14.3. The van der Waals surface area contributed by atoms with Gasteiger partial charge in [-0.05, 0) is 17.7 Å². The number of carboxylic acid groups (broad SMARTS) is 1. The fourth-order valence-electron chi connectivity index (χ4n) is 1.23. The van der Waals surface area contributed by atoms with E-state index in [0.29, 0.717) is 5.75 Å². The van der Waals surface area contributed by atoms with Gasteiger partial charge in [-0.1, -0.05) is 33.7 Å². The van der Waals surface area contributed by atoms with Crippen LogP contribution >= 0.6 is 21.6 Å². The van der Waals surface area contributed by atoms with Gasteiger partial charge in [0.1, 0.15) is 11.9 Å². The van der Waals surface area contributed by atoms with Crippen LogP contribution in [0.5, 0.6) is 0 Å². The van der Waals surface area contributed by atoms with E-state index in [9.17, 15) is 14.0 Å². The topological polar surface area (TPSA) is 66.4 Å². The van der Waals surface area contributed by atoms with E-state index in [1.54, 1.807) is 12.1 Å². The van der Waals surface area contributed by atoms with Gasteiger partial charge >= 0.3 is 5.97 Å². The molecule has 0 radical (unpaired) electrons. The van der Waals surface area contributed by atoms with Crippen molar-refractivity contribution in [3.05, 3.63) is 35.6 Å². The molecule has 0 bridgehead atoms. The van der Waals surface area contributed by atoms with Crippen LogP contribution in [0.15, 0.2) is 24.3 Å². The van der Waals surface area contributed by atoms with Crippen molar-refractivity contribution in [3.63, 3.8) is 0 Å². The summed E-state index contributed by atoms with van der Waals surface area (Å²) < 4.78 is 12.7.